The van der Waals surface area contributed by atoms with E-state index in [1.54, 1.807) is 29.5 Å². The number of nitrogens with zero attached hydrogens (tertiary/aromatic N) is 1. The van der Waals surface area contributed by atoms with E-state index in [9.17, 15) is 5.11 Å². The maximum absolute atomic E-state index is 10.1. The molecule has 0 aliphatic rings. The summed E-state index contributed by atoms with van der Waals surface area (Å²) in [5, 5.41) is 14.3. The molecule has 1 unspecified atom stereocenters. The first kappa shape index (κ1) is 14.8. The van der Waals surface area contributed by atoms with Crippen molar-refractivity contribution < 1.29 is 5.11 Å². The molecule has 0 aliphatic heterocycles. The number of aliphatic hydroxyl groups is 1. The molecule has 0 saturated carbocycles. The highest BCUT2D eigenvalue weighted by atomic mass is 35.5. The van der Waals surface area contributed by atoms with Crippen LogP contribution in [0.4, 0.5) is 0 Å². The minimum Gasteiger partial charge on any atom is -0.387 e. The average Bonchev–Trinajstić information content (AvgIpc) is 2.75. The monoisotopic (exact) mass is 316 g/mol. The second-order valence-electron chi connectivity index (χ2n) is 4.17. The van der Waals surface area contributed by atoms with Gasteiger partial charge in [0.25, 0.3) is 0 Å². The lowest BCUT2D eigenvalue weighted by atomic mass is 10.1. The lowest BCUT2D eigenvalue weighted by Crippen LogP contribution is -2.21. The standard InChI is InChI=1S/C13H14Cl2N2OS/c1-8-13(19-7-17-8)6-16-5-12(18)10-3-2-9(14)4-11(10)15/h2-4,7,12,16,18H,5-6H2,1H3. The zero-order chi connectivity index (χ0) is 13.8. The molecule has 19 heavy (non-hydrogen) atoms. The van der Waals surface area contributed by atoms with Crippen LogP contribution >= 0.6 is 34.5 Å². The van der Waals surface area contributed by atoms with Gasteiger partial charge in [-0.15, -0.1) is 11.3 Å². The number of halogens is 2. The Balaban J connectivity index is 1.91. The van der Waals surface area contributed by atoms with Gasteiger partial charge in [-0.2, -0.15) is 0 Å². The Labute approximate surface area is 126 Å². The Morgan fingerprint density at radius 1 is 1.42 bits per heavy atom. The summed E-state index contributed by atoms with van der Waals surface area (Å²) in [5.74, 6) is 0. The quantitative estimate of drug-likeness (QED) is 0.886. The normalized spacial score (nSPS) is 12.6. The average molecular weight is 317 g/mol. The van der Waals surface area contributed by atoms with Crippen molar-refractivity contribution in [2.24, 2.45) is 0 Å². The predicted octanol–water partition coefficient (Wildman–Crippen LogP) is 3.58. The molecule has 0 spiro atoms. The fourth-order valence-corrected chi connectivity index (χ4v) is 2.98. The van der Waals surface area contributed by atoms with Crippen LogP contribution in [0, 0.1) is 6.92 Å². The van der Waals surface area contributed by atoms with Gasteiger partial charge in [0, 0.05) is 33.6 Å². The Morgan fingerprint density at radius 2 is 2.21 bits per heavy atom. The van der Waals surface area contributed by atoms with Gasteiger partial charge >= 0.3 is 0 Å². The van der Waals surface area contributed by atoms with E-state index in [0.717, 1.165) is 5.69 Å². The van der Waals surface area contributed by atoms with E-state index in [-0.39, 0.29) is 0 Å². The van der Waals surface area contributed by atoms with E-state index in [1.807, 2.05) is 12.4 Å². The second kappa shape index (κ2) is 6.68. The van der Waals surface area contributed by atoms with Crippen molar-refractivity contribution in [3.8, 4) is 0 Å². The molecule has 0 amide bonds. The summed E-state index contributed by atoms with van der Waals surface area (Å²) >= 11 is 13.5. The number of hydrogen-bond donors (Lipinski definition) is 2. The van der Waals surface area contributed by atoms with Crippen LogP contribution in [0.15, 0.2) is 23.7 Å². The van der Waals surface area contributed by atoms with Crippen molar-refractivity contribution in [1.82, 2.24) is 10.3 Å². The van der Waals surface area contributed by atoms with Crippen LogP contribution in [0.3, 0.4) is 0 Å². The van der Waals surface area contributed by atoms with Crippen LogP contribution in [0.1, 0.15) is 22.2 Å². The molecule has 2 rings (SSSR count). The zero-order valence-electron chi connectivity index (χ0n) is 10.4. The fraction of sp³-hybridized carbons (Fsp3) is 0.308. The molecule has 1 aromatic carbocycles. The van der Waals surface area contributed by atoms with Crippen molar-refractivity contribution in [2.45, 2.75) is 19.6 Å². The SMILES string of the molecule is Cc1ncsc1CNCC(O)c1ccc(Cl)cc1Cl. The molecule has 2 aromatic rings. The summed E-state index contributed by atoms with van der Waals surface area (Å²) in [5.41, 5.74) is 3.52. The van der Waals surface area contributed by atoms with Crippen LogP contribution < -0.4 is 5.32 Å². The smallest absolute Gasteiger partial charge is 0.0928 e. The molecule has 3 nitrogen and oxygen atoms in total. The number of hydrogen-bond acceptors (Lipinski definition) is 4. The van der Waals surface area contributed by atoms with Crippen molar-refractivity contribution in [3.63, 3.8) is 0 Å². The third kappa shape index (κ3) is 3.91. The third-order valence-electron chi connectivity index (χ3n) is 2.79. The van der Waals surface area contributed by atoms with E-state index in [0.29, 0.717) is 28.7 Å². The zero-order valence-corrected chi connectivity index (χ0v) is 12.7. The molecule has 0 saturated heterocycles. The van der Waals surface area contributed by atoms with E-state index >= 15 is 0 Å². The van der Waals surface area contributed by atoms with Crippen LogP contribution in [0.5, 0.6) is 0 Å². The molecule has 102 valence electrons. The van der Waals surface area contributed by atoms with Gasteiger partial charge in [-0.3, -0.25) is 0 Å². The third-order valence-corrected chi connectivity index (χ3v) is 4.29. The van der Waals surface area contributed by atoms with Crippen molar-refractivity contribution >= 4 is 34.5 Å². The van der Waals surface area contributed by atoms with Gasteiger partial charge in [0.05, 0.1) is 17.3 Å². The number of aliphatic hydroxyl groups excluding tert-OH is 1. The van der Waals surface area contributed by atoms with Gasteiger partial charge in [-0.05, 0) is 19.1 Å². The van der Waals surface area contributed by atoms with Crippen molar-refractivity contribution in [2.75, 3.05) is 6.54 Å². The highest BCUT2D eigenvalue weighted by Crippen LogP contribution is 2.26. The maximum Gasteiger partial charge on any atom is 0.0928 e. The van der Waals surface area contributed by atoms with E-state index in [1.165, 1.54) is 4.88 Å². The van der Waals surface area contributed by atoms with Crippen LogP contribution in [0.2, 0.25) is 10.0 Å². The van der Waals surface area contributed by atoms with Crippen molar-refractivity contribution in [3.05, 3.63) is 49.9 Å². The number of benzene rings is 1. The first-order chi connectivity index (χ1) is 9.08. The maximum atomic E-state index is 10.1. The molecule has 1 atom stereocenters. The molecular weight excluding hydrogens is 303 g/mol. The highest BCUT2D eigenvalue weighted by molar-refractivity contribution is 7.09. The summed E-state index contributed by atoms with van der Waals surface area (Å²) < 4.78 is 0. The van der Waals surface area contributed by atoms with Gasteiger partial charge < -0.3 is 10.4 Å². The van der Waals surface area contributed by atoms with Crippen LogP contribution in [0.25, 0.3) is 0 Å². The van der Waals surface area contributed by atoms with Crippen LogP contribution in [-0.2, 0) is 6.54 Å². The van der Waals surface area contributed by atoms with Crippen molar-refractivity contribution in [1.29, 1.82) is 0 Å². The Hall–Kier alpha value is -0.650. The minimum absolute atomic E-state index is 0.429. The molecule has 1 aromatic heterocycles. The van der Waals surface area contributed by atoms with E-state index in [2.05, 4.69) is 10.3 Å². The van der Waals surface area contributed by atoms with Gasteiger partial charge in [-0.25, -0.2) is 4.98 Å². The Bertz CT molecular complexity index is 559. The summed E-state index contributed by atoms with van der Waals surface area (Å²) in [4.78, 5) is 5.35. The number of aromatic nitrogens is 1. The molecule has 1 heterocycles. The van der Waals surface area contributed by atoms with Gasteiger partial charge in [0.1, 0.15) is 0 Å². The summed E-state index contributed by atoms with van der Waals surface area (Å²) in [6, 6.07) is 5.10. The number of thiazole rings is 1. The Kier molecular flexibility index (Phi) is 5.19. The topological polar surface area (TPSA) is 45.2 Å². The summed E-state index contributed by atoms with van der Waals surface area (Å²) in [7, 11) is 0. The summed E-state index contributed by atoms with van der Waals surface area (Å²) in [6.07, 6.45) is -0.655. The minimum atomic E-state index is -0.655. The largest absolute Gasteiger partial charge is 0.387 e. The molecule has 2 N–H and O–H groups in total. The molecule has 6 heteroatoms. The van der Waals surface area contributed by atoms with E-state index < -0.39 is 6.10 Å². The van der Waals surface area contributed by atoms with Gasteiger partial charge in [0.2, 0.25) is 0 Å². The fourth-order valence-electron chi connectivity index (χ4n) is 1.70. The lowest BCUT2D eigenvalue weighted by Gasteiger charge is -2.13. The lowest BCUT2D eigenvalue weighted by molar-refractivity contribution is 0.174. The molecule has 0 radical (unpaired) electrons. The Morgan fingerprint density at radius 3 is 2.84 bits per heavy atom. The number of nitrogens with one attached hydrogen (secondary N) is 1. The molecule has 0 fully saturated rings. The van der Waals surface area contributed by atoms with Gasteiger partial charge in [-0.1, -0.05) is 29.3 Å². The first-order valence-electron chi connectivity index (χ1n) is 5.80. The molecular formula is C13H14Cl2N2OS. The first-order valence-corrected chi connectivity index (χ1v) is 7.44. The van der Waals surface area contributed by atoms with E-state index in [4.69, 9.17) is 23.2 Å². The highest BCUT2D eigenvalue weighted by Gasteiger charge is 2.12. The summed E-state index contributed by atoms with van der Waals surface area (Å²) in [6.45, 7) is 3.09. The molecule has 0 bridgehead atoms. The second-order valence-corrected chi connectivity index (χ2v) is 5.96. The molecule has 0 aliphatic carbocycles. The van der Waals surface area contributed by atoms with Crippen LogP contribution in [-0.4, -0.2) is 16.6 Å². The number of aryl methyl sites for hydroxylation is 1. The van der Waals surface area contributed by atoms with Gasteiger partial charge in [0.15, 0.2) is 0 Å². The number of rotatable bonds is 5. The predicted molar refractivity (Wildman–Crippen MR) is 80.0 cm³/mol.